The Bertz CT molecular complexity index is 1220. The van der Waals surface area contributed by atoms with Gasteiger partial charge in [0, 0.05) is 17.3 Å². The summed E-state index contributed by atoms with van der Waals surface area (Å²) in [6.07, 6.45) is 1.41. The molecule has 1 amide bonds. The number of carbonyl (C=O) groups excluding carboxylic acids is 1. The first-order chi connectivity index (χ1) is 14.8. The second kappa shape index (κ2) is 8.15. The standard InChI is InChI=1S/C24H23FN2O3S/c1-3-17-4-9-21(10-5-17)26-24(28)18-6-13-23-19(15-18)14-16(2)27(23)31(29,30)22-11-7-20(25)8-12-22/h4-13,15-16H,3,14H2,1-2H3,(H,26,28)/t16-/m1/s1. The quantitative estimate of drug-likeness (QED) is 0.623. The number of carbonyl (C=O) groups is 1. The molecule has 0 unspecified atom stereocenters. The highest BCUT2D eigenvalue weighted by Gasteiger charge is 2.36. The number of hydrogen-bond donors (Lipinski definition) is 1. The fourth-order valence-corrected chi connectivity index (χ4v) is 5.55. The van der Waals surface area contributed by atoms with Crippen molar-refractivity contribution in [2.45, 2.75) is 37.6 Å². The molecule has 31 heavy (non-hydrogen) atoms. The molecular weight excluding hydrogens is 415 g/mol. The molecule has 0 bridgehead atoms. The second-order valence-corrected chi connectivity index (χ2v) is 9.47. The lowest BCUT2D eigenvalue weighted by molar-refractivity contribution is 0.102. The Morgan fingerprint density at radius 3 is 2.39 bits per heavy atom. The molecule has 1 aliphatic heterocycles. The van der Waals surface area contributed by atoms with Crippen molar-refractivity contribution in [3.8, 4) is 0 Å². The van der Waals surface area contributed by atoms with Crippen LogP contribution >= 0.6 is 0 Å². The highest BCUT2D eigenvalue weighted by atomic mass is 32.2. The Kier molecular flexibility index (Phi) is 5.54. The van der Waals surface area contributed by atoms with Crippen LogP contribution in [0.3, 0.4) is 0 Å². The largest absolute Gasteiger partial charge is 0.322 e. The third-order valence-electron chi connectivity index (χ3n) is 5.49. The van der Waals surface area contributed by atoms with Gasteiger partial charge in [-0.1, -0.05) is 19.1 Å². The zero-order chi connectivity index (χ0) is 22.2. The summed E-state index contributed by atoms with van der Waals surface area (Å²) >= 11 is 0. The van der Waals surface area contributed by atoms with Crippen molar-refractivity contribution in [3.05, 3.63) is 89.2 Å². The number of sulfonamides is 1. The van der Waals surface area contributed by atoms with Gasteiger partial charge in [-0.05, 0) is 85.5 Å². The average Bonchev–Trinajstić information content (AvgIpc) is 3.10. The lowest BCUT2D eigenvalue weighted by Gasteiger charge is -2.24. The first-order valence-electron chi connectivity index (χ1n) is 10.1. The van der Waals surface area contributed by atoms with E-state index in [1.807, 2.05) is 31.2 Å². The summed E-state index contributed by atoms with van der Waals surface area (Å²) in [6, 6.07) is 17.2. The summed E-state index contributed by atoms with van der Waals surface area (Å²) in [6.45, 7) is 3.88. The SMILES string of the molecule is CCc1ccc(NC(=O)c2ccc3c(c2)C[C@@H](C)N3S(=O)(=O)c2ccc(F)cc2)cc1. The van der Waals surface area contributed by atoms with Crippen molar-refractivity contribution >= 4 is 27.3 Å². The third-order valence-corrected chi connectivity index (χ3v) is 7.43. The van der Waals surface area contributed by atoms with Crippen molar-refractivity contribution in [2.75, 3.05) is 9.62 Å². The van der Waals surface area contributed by atoms with E-state index in [1.54, 1.807) is 18.2 Å². The van der Waals surface area contributed by atoms with E-state index in [-0.39, 0.29) is 16.8 Å². The molecule has 0 aliphatic carbocycles. The number of anilines is 2. The zero-order valence-electron chi connectivity index (χ0n) is 17.3. The molecule has 0 spiro atoms. The van der Waals surface area contributed by atoms with Crippen molar-refractivity contribution in [1.29, 1.82) is 0 Å². The van der Waals surface area contributed by atoms with Crippen LogP contribution in [0.2, 0.25) is 0 Å². The molecule has 3 aromatic rings. The van der Waals surface area contributed by atoms with Crippen LogP contribution in [0, 0.1) is 5.82 Å². The van der Waals surface area contributed by atoms with Crippen molar-refractivity contribution in [3.63, 3.8) is 0 Å². The van der Waals surface area contributed by atoms with Crippen LogP contribution in [0.1, 0.15) is 35.3 Å². The van der Waals surface area contributed by atoms with E-state index in [4.69, 9.17) is 0 Å². The molecule has 1 aliphatic rings. The average molecular weight is 439 g/mol. The third kappa shape index (κ3) is 4.05. The van der Waals surface area contributed by atoms with Crippen LogP contribution in [-0.4, -0.2) is 20.4 Å². The van der Waals surface area contributed by atoms with Crippen LogP contribution in [0.25, 0.3) is 0 Å². The molecule has 0 aromatic heterocycles. The van der Waals surface area contributed by atoms with Gasteiger partial charge in [0.15, 0.2) is 0 Å². The van der Waals surface area contributed by atoms with Crippen molar-refractivity contribution < 1.29 is 17.6 Å². The molecule has 3 aromatic carbocycles. The molecule has 1 atom stereocenters. The van der Waals surface area contributed by atoms with Gasteiger partial charge in [-0.2, -0.15) is 0 Å². The minimum atomic E-state index is -3.84. The molecule has 0 radical (unpaired) electrons. The fourth-order valence-electron chi connectivity index (χ4n) is 3.86. The smallest absolute Gasteiger partial charge is 0.264 e. The number of benzene rings is 3. The van der Waals surface area contributed by atoms with Crippen LogP contribution in [0.4, 0.5) is 15.8 Å². The van der Waals surface area contributed by atoms with E-state index in [1.165, 1.54) is 22.0 Å². The number of nitrogens with one attached hydrogen (secondary N) is 1. The van der Waals surface area contributed by atoms with E-state index < -0.39 is 15.8 Å². The van der Waals surface area contributed by atoms with E-state index in [0.717, 1.165) is 24.1 Å². The van der Waals surface area contributed by atoms with E-state index >= 15 is 0 Å². The fraction of sp³-hybridized carbons (Fsp3) is 0.208. The number of halogens is 1. The van der Waals surface area contributed by atoms with Crippen LogP contribution < -0.4 is 9.62 Å². The summed E-state index contributed by atoms with van der Waals surface area (Å²) in [7, 11) is -3.84. The first-order valence-corrected chi connectivity index (χ1v) is 11.6. The van der Waals surface area contributed by atoms with E-state index in [0.29, 0.717) is 23.4 Å². The first kappa shape index (κ1) is 21.1. The number of nitrogens with zero attached hydrogens (tertiary/aromatic N) is 1. The summed E-state index contributed by atoms with van der Waals surface area (Å²) in [5.41, 5.74) is 3.68. The molecule has 0 saturated carbocycles. The molecule has 0 fully saturated rings. The van der Waals surface area contributed by atoms with Gasteiger partial charge in [0.25, 0.3) is 15.9 Å². The van der Waals surface area contributed by atoms with Crippen LogP contribution in [0.15, 0.2) is 71.6 Å². The van der Waals surface area contributed by atoms with E-state index in [2.05, 4.69) is 12.2 Å². The van der Waals surface area contributed by atoms with Gasteiger partial charge < -0.3 is 5.32 Å². The Labute approximate surface area is 181 Å². The molecule has 1 heterocycles. The van der Waals surface area contributed by atoms with Gasteiger partial charge in [-0.15, -0.1) is 0 Å². The maximum Gasteiger partial charge on any atom is 0.264 e. The maximum atomic E-state index is 13.2. The van der Waals surface area contributed by atoms with Crippen LogP contribution in [-0.2, 0) is 22.9 Å². The lowest BCUT2D eigenvalue weighted by Crippen LogP contribution is -2.35. The number of fused-ring (bicyclic) bond motifs is 1. The summed E-state index contributed by atoms with van der Waals surface area (Å²) < 4.78 is 40.9. The number of rotatable bonds is 5. The van der Waals surface area contributed by atoms with E-state index in [9.17, 15) is 17.6 Å². The Morgan fingerprint density at radius 1 is 1.06 bits per heavy atom. The monoisotopic (exact) mass is 438 g/mol. The highest BCUT2D eigenvalue weighted by molar-refractivity contribution is 7.92. The Hall–Kier alpha value is -3.19. The molecule has 4 rings (SSSR count). The van der Waals surface area contributed by atoms with Gasteiger partial charge in [0.05, 0.1) is 10.6 Å². The van der Waals surface area contributed by atoms with Crippen molar-refractivity contribution in [2.24, 2.45) is 0 Å². The highest BCUT2D eigenvalue weighted by Crippen LogP contribution is 2.37. The number of hydrogen-bond acceptors (Lipinski definition) is 3. The molecule has 7 heteroatoms. The summed E-state index contributed by atoms with van der Waals surface area (Å²) in [4.78, 5) is 12.7. The van der Waals surface area contributed by atoms with Gasteiger partial charge >= 0.3 is 0 Å². The molecule has 0 saturated heterocycles. The van der Waals surface area contributed by atoms with Gasteiger partial charge in [0.2, 0.25) is 0 Å². The second-order valence-electron chi connectivity index (χ2n) is 7.66. The topological polar surface area (TPSA) is 66.5 Å². The molecular formula is C24H23FN2O3S. The Balaban J connectivity index is 1.60. The number of aryl methyl sites for hydroxylation is 1. The molecule has 5 nitrogen and oxygen atoms in total. The molecule has 160 valence electrons. The minimum Gasteiger partial charge on any atom is -0.322 e. The normalized spacial score (nSPS) is 15.6. The predicted molar refractivity (Wildman–Crippen MR) is 119 cm³/mol. The Morgan fingerprint density at radius 2 is 1.74 bits per heavy atom. The van der Waals surface area contributed by atoms with Crippen LogP contribution in [0.5, 0.6) is 0 Å². The van der Waals surface area contributed by atoms with Gasteiger partial charge in [-0.3, -0.25) is 9.10 Å². The lowest BCUT2D eigenvalue weighted by atomic mass is 10.1. The molecule has 1 N–H and O–H groups in total. The number of amides is 1. The summed E-state index contributed by atoms with van der Waals surface area (Å²) in [5.74, 6) is -0.742. The zero-order valence-corrected chi connectivity index (χ0v) is 18.1. The van der Waals surface area contributed by atoms with Gasteiger partial charge in [0.1, 0.15) is 5.82 Å². The minimum absolute atomic E-state index is 0.0333. The van der Waals surface area contributed by atoms with Crippen molar-refractivity contribution in [1.82, 2.24) is 0 Å². The maximum absolute atomic E-state index is 13.2. The van der Waals surface area contributed by atoms with Gasteiger partial charge in [-0.25, -0.2) is 12.8 Å². The summed E-state index contributed by atoms with van der Waals surface area (Å²) in [5, 5.41) is 2.88. The predicted octanol–water partition coefficient (Wildman–Crippen LogP) is 4.78.